The number of fused-ring (bicyclic) bond motifs is 2. The molecular weight excluding hydrogens is 390 g/mol. The standard InChI is InChI=1S/C25H29N3O3/c1-19(29)28-10-8-26(9-11-28)16-20-6-7-24-22(14-20)17-27(12-13-30-24)18-23-15-21-4-2-3-5-25(21)31-23/h2-7,14-15H,8-13,16-18H2,1H3. The number of rotatable bonds is 4. The number of ether oxygens (including phenoxy) is 1. The molecule has 1 aromatic heterocycles. The van der Waals surface area contributed by atoms with Gasteiger partial charge in [0.2, 0.25) is 5.91 Å². The molecule has 0 unspecified atom stereocenters. The fraction of sp³-hybridized carbons (Fsp3) is 0.400. The maximum absolute atomic E-state index is 11.6. The molecule has 1 amide bonds. The van der Waals surface area contributed by atoms with Gasteiger partial charge in [0.05, 0.1) is 6.54 Å². The van der Waals surface area contributed by atoms with E-state index in [0.29, 0.717) is 6.61 Å². The molecule has 2 aliphatic heterocycles. The van der Waals surface area contributed by atoms with Gasteiger partial charge >= 0.3 is 0 Å². The van der Waals surface area contributed by atoms with E-state index in [2.05, 4.69) is 40.1 Å². The van der Waals surface area contributed by atoms with Gasteiger partial charge in [0.1, 0.15) is 23.7 Å². The predicted octanol–water partition coefficient (Wildman–Crippen LogP) is 3.49. The molecule has 0 spiro atoms. The predicted molar refractivity (Wildman–Crippen MR) is 120 cm³/mol. The number of nitrogens with zero attached hydrogens (tertiary/aromatic N) is 3. The van der Waals surface area contributed by atoms with Crippen LogP contribution in [0.3, 0.4) is 0 Å². The summed E-state index contributed by atoms with van der Waals surface area (Å²) in [4.78, 5) is 18.3. The van der Waals surface area contributed by atoms with Crippen LogP contribution in [0.2, 0.25) is 0 Å². The molecule has 2 aliphatic rings. The van der Waals surface area contributed by atoms with Crippen LogP contribution < -0.4 is 4.74 Å². The van der Waals surface area contributed by atoms with Crippen molar-refractivity contribution >= 4 is 16.9 Å². The van der Waals surface area contributed by atoms with Crippen LogP contribution >= 0.6 is 0 Å². The molecule has 0 radical (unpaired) electrons. The van der Waals surface area contributed by atoms with E-state index < -0.39 is 0 Å². The summed E-state index contributed by atoms with van der Waals surface area (Å²) >= 11 is 0. The molecule has 1 fully saturated rings. The van der Waals surface area contributed by atoms with E-state index in [9.17, 15) is 4.79 Å². The highest BCUT2D eigenvalue weighted by Crippen LogP contribution is 2.27. The summed E-state index contributed by atoms with van der Waals surface area (Å²) in [5.74, 6) is 2.15. The summed E-state index contributed by atoms with van der Waals surface area (Å²) in [5, 5.41) is 1.15. The van der Waals surface area contributed by atoms with Gasteiger partial charge in [-0.2, -0.15) is 0 Å². The molecule has 6 nitrogen and oxygen atoms in total. The molecule has 31 heavy (non-hydrogen) atoms. The normalized spacial score (nSPS) is 17.9. The van der Waals surface area contributed by atoms with Crippen LogP contribution in [0.25, 0.3) is 11.0 Å². The van der Waals surface area contributed by atoms with Crippen LogP contribution in [-0.2, 0) is 24.4 Å². The van der Waals surface area contributed by atoms with Crippen molar-refractivity contribution in [2.75, 3.05) is 39.3 Å². The highest BCUT2D eigenvalue weighted by molar-refractivity contribution is 5.77. The molecule has 0 bridgehead atoms. The second kappa shape index (κ2) is 8.73. The van der Waals surface area contributed by atoms with E-state index in [1.165, 1.54) is 11.1 Å². The first-order chi connectivity index (χ1) is 15.1. The summed E-state index contributed by atoms with van der Waals surface area (Å²) in [7, 11) is 0. The van der Waals surface area contributed by atoms with Crippen molar-refractivity contribution in [2.45, 2.75) is 26.6 Å². The first kappa shape index (κ1) is 20.1. The van der Waals surface area contributed by atoms with Gasteiger partial charge < -0.3 is 14.1 Å². The Morgan fingerprint density at radius 1 is 0.935 bits per heavy atom. The second-order valence-electron chi connectivity index (χ2n) is 8.53. The van der Waals surface area contributed by atoms with E-state index in [-0.39, 0.29) is 5.91 Å². The highest BCUT2D eigenvalue weighted by atomic mass is 16.5. The third-order valence-corrected chi connectivity index (χ3v) is 6.26. The molecular formula is C25H29N3O3. The van der Waals surface area contributed by atoms with Crippen molar-refractivity contribution in [3.05, 3.63) is 65.4 Å². The maximum Gasteiger partial charge on any atom is 0.219 e. The van der Waals surface area contributed by atoms with Crippen LogP contribution in [0, 0.1) is 0 Å². The van der Waals surface area contributed by atoms with Crippen molar-refractivity contribution in [3.8, 4) is 5.75 Å². The van der Waals surface area contributed by atoms with Gasteiger partial charge in [-0.25, -0.2) is 0 Å². The van der Waals surface area contributed by atoms with Crippen molar-refractivity contribution in [1.29, 1.82) is 0 Å². The Bertz CT molecular complexity index is 1040. The minimum absolute atomic E-state index is 0.173. The zero-order valence-corrected chi connectivity index (χ0v) is 18.0. The van der Waals surface area contributed by atoms with E-state index >= 15 is 0 Å². The Morgan fingerprint density at radius 2 is 1.77 bits per heavy atom. The SMILES string of the molecule is CC(=O)N1CCN(Cc2ccc3c(c2)CN(Cc2cc4ccccc4o2)CCO3)CC1. The van der Waals surface area contributed by atoms with Crippen LogP contribution in [0.15, 0.2) is 52.9 Å². The fourth-order valence-corrected chi connectivity index (χ4v) is 4.55. The highest BCUT2D eigenvalue weighted by Gasteiger charge is 2.21. The van der Waals surface area contributed by atoms with Crippen LogP contribution in [-0.4, -0.2) is 59.9 Å². The Hall–Kier alpha value is -2.83. The van der Waals surface area contributed by atoms with Gasteiger partial charge in [0.25, 0.3) is 0 Å². The lowest BCUT2D eigenvalue weighted by Crippen LogP contribution is -2.47. The Labute approximate surface area is 183 Å². The number of benzene rings is 2. The molecule has 5 rings (SSSR count). The summed E-state index contributed by atoms with van der Waals surface area (Å²) in [6, 6.07) is 16.9. The number of amides is 1. The smallest absolute Gasteiger partial charge is 0.219 e. The van der Waals surface area contributed by atoms with Crippen molar-refractivity contribution in [2.24, 2.45) is 0 Å². The number of carbonyl (C=O) groups excluding carboxylic acids is 1. The first-order valence-corrected chi connectivity index (χ1v) is 11.1. The average molecular weight is 420 g/mol. The summed E-state index contributed by atoms with van der Waals surface area (Å²) < 4.78 is 12.1. The summed E-state index contributed by atoms with van der Waals surface area (Å²) in [5.41, 5.74) is 3.47. The number of hydrogen-bond donors (Lipinski definition) is 0. The first-order valence-electron chi connectivity index (χ1n) is 11.1. The molecule has 0 N–H and O–H groups in total. The van der Waals surface area contributed by atoms with Gasteiger partial charge in [0.15, 0.2) is 0 Å². The lowest BCUT2D eigenvalue weighted by molar-refractivity contribution is -0.130. The number of piperazine rings is 1. The summed E-state index contributed by atoms with van der Waals surface area (Å²) in [6.45, 7) is 9.20. The monoisotopic (exact) mass is 419 g/mol. The third kappa shape index (κ3) is 4.60. The van der Waals surface area contributed by atoms with Crippen molar-refractivity contribution in [1.82, 2.24) is 14.7 Å². The zero-order chi connectivity index (χ0) is 21.2. The Morgan fingerprint density at radius 3 is 2.58 bits per heavy atom. The van der Waals surface area contributed by atoms with Gasteiger partial charge in [-0.05, 0) is 29.8 Å². The fourth-order valence-electron chi connectivity index (χ4n) is 4.55. The maximum atomic E-state index is 11.6. The van der Waals surface area contributed by atoms with E-state index in [0.717, 1.165) is 74.8 Å². The van der Waals surface area contributed by atoms with Gasteiger partial charge in [-0.15, -0.1) is 0 Å². The molecule has 162 valence electrons. The van der Waals surface area contributed by atoms with Crippen molar-refractivity contribution in [3.63, 3.8) is 0 Å². The molecule has 0 aliphatic carbocycles. The van der Waals surface area contributed by atoms with Gasteiger partial charge in [0, 0.05) is 63.7 Å². The average Bonchev–Trinajstić information content (AvgIpc) is 3.07. The third-order valence-electron chi connectivity index (χ3n) is 6.26. The number of furan rings is 1. The number of carbonyl (C=O) groups is 1. The number of hydrogen-bond acceptors (Lipinski definition) is 5. The van der Waals surface area contributed by atoms with E-state index in [4.69, 9.17) is 9.15 Å². The number of para-hydroxylation sites is 1. The minimum Gasteiger partial charge on any atom is -0.492 e. The second-order valence-corrected chi connectivity index (χ2v) is 8.53. The van der Waals surface area contributed by atoms with Crippen LogP contribution in [0.5, 0.6) is 5.75 Å². The lowest BCUT2D eigenvalue weighted by Gasteiger charge is -2.34. The van der Waals surface area contributed by atoms with Crippen molar-refractivity contribution < 1.29 is 13.9 Å². The largest absolute Gasteiger partial charge is 0.492 e. The van der Waals surface area contributed by atoms with E-state index in [1.54, 1.807) is 6.92 Å². The van der Waals surface area contributed by atoms with Gasteiger partial charge in [-0.1, -0.05) is 24.3 Å². The molecule has 0 atom stereocenters. The molecule has 6 heteroatoms. The molecule has 0 saturated carbocycles. The lowest BCUT2D eigenvalue weighted by atomic mass is 10.1. The van der Waals surface area contributed by atoms with Crippen LogP contribution in [0.4, 0.5) is 0 Å². The molecule has 2 aromatic carbocycles. The molecule has 3 heterocycles. The van der Waals surface area contributed by atoms with Gasteiger partial charge in [-0.3, -0.25) is 14.6 Å². The molecule has 1 saturated heterocycles. The minimum atomic E-state index is 0.173. The van der Waals surface area contributed by atoms with Crippen LogP contribution in [0.1, 0.15) is 23.8 Å². The topological polar surface area (TPSA) is 49.2 Å². The quantitative estimate of drug-likeness (QED) is 0.648. The van der Waals surface area contributed by atoms with E-state index in [1.807, 2.05) is 23.1 Å². The Kier molecular flexibility index (Phi) is 5.66. The zero-order valence-electron chi connectivity index (χ0n) is 18.0. The molecule has 3 aromatic rings. The summed E-state index contributed by atoms with van der Waals surface area (Å²) in [6.07, 6.45) is 0. The Balaban J connectivity index is 1.26.